The molecule has 0 aromatic rings. The Balaban J connectivity index is 5.66. The van der Waals surface area contributed by atoms with Crippen molar-refractivity contribution in [1.29, 1.82) is 0 Å². The Morgan fingerprint density at radius 1 is 0.794 bits per heavy atom. The molecule has 0 amide bonds. The molecule has 0 heterocycles. The molecule has 0 fully saturated rings. The summed E-state index contributed by atoms with van der Waals surface area (Å²) >= 11 is 0. The predicted molar refractivity (Wildman–Crippen MR) is 155 cm³/mol. The normalized spacial score (nSPS) is 17.6. The number of aldehydes is 1. The van der Waals surface area contributed by atoms with E-state index in [-0.39, 0.29) is 28.2 Å². The lowest BCUT2D eigenvalue weighted by molar-refractivity contribution is -0.108. The van der Waals surface area contributed by atoms with Crippen molar-refractivity contribution >= 4 is 22.9 Å². The number of hydrogen-bond donors (Lipinski definition) is 0. The molecular formula is C29H56O3Si2. The van der Waals surface area contributed by atoms with Crippen molar-refractivity contribution in [1.82, 2.24) is 0 Å². The summed E-state index contributed by atoms with van der Waals surface area (Å²) in [4.78, 5) is 11.2. The smallest absolute Gasteiger partial charge is 0.192 e. The second kappa shape index (κ2) is 13.5. The van der Waals surface area contributed by atoms with Crippen molar-refractivity contribution in [2.75, 3.05) is 0 Å². The van der Waals surface area contributed by atoms with Gasteiger partial charge in [0, 0.05) is 12.3 Å². The van der Waals surface area contributed by atoms with Gasteiger partial charge in [0.05, 0.1) is 12.2 Å². The Bertz CT molecular complexity index is 704. The zero-order valence-electron chi connectivity index (χ0n) is 24.9. The monoisotopic (exact) mass is 508 g/mol. The van der Waals surface area contributed by atoms with Crippen LogP contribution in [0.4, 0.5) is 0 Å². The van der Waals surface area contributed by atoms with E-state index >= 15 is 0 Å². The molecule has 0 aromatic heterocycles. The zero-order chi connectivity index (χ0) is 27.0. The zero-order valence-corrected chi connectivity index (χ0v) is 26.9. The number of rotatable bonds is 13. The van der Waals surface area contributed by atoms with Crippen molar-refractivity contribution in [2.45, 2.75) is 131 Å². The molecule has 0 saturated carbocycles. The van der Waals surface area contributed by atoms with Crippen molar-refractivity contribution in [3.63, 3.8) is 0 Å². The first-order chi connectivity index (χ1) is 15.2. The standard InChI is InChI=1S/C29H56O3Si2/c1-23(2)19-20-25(4)27(32-34(13,14)29(8,9)10)24(3)17-15-16-18-26(21-22-30)31-33(11,12)28(5,6)7/h15-18,20,22-24,26-27H,19,21H2,1-14H3/b17-15+,18-16-,25-20+/t24-,26-,27-/m1/s1. The SMILES string of the molecule is C/C(=C\CC(C)C)[C@H](O[Si](C)(C)C(C)(C)C)[C@H](C)/C=C/C=C\[C@H](CC=O)O[Si](C)(C)C(C)(C)C. The Morgan fingerprint density at radius 3 is 1.71 bits per heavy atom. The molecule has 5 heteroatoms. The lowest BCUT2D eigenvalue weighted by Gasteiger charge is -2.41. The van der Waals surface area contributed by atoms with Gasteiger partial charge in [-0.1, -0.05) is 92.7 Å². The number of carbonyl (C=O) groups is 1. The van der Waals surface area contributed by atoms with Crippen LogP contribution in [0.3, 0.4) is 0 Å². The van der Waals surface area contributed by atoms with Crippen molar-refractivity contribution in [3.8, 4) is 0 Å². The molecule has 0 aliphatic carbocycles. The second-order valence-corrected chi connectivity index (χ2v) is 22.8. The van der Waals surface area contributed by atoms with Gasteiger partial charge in [0.15, 0.2) is 16.6 Å². The van der Waals surface area contributed by atoms with E-state index in [0.717, 1.165) is 12.7 Å². The highest BCUT2D eigenvalue weighted by Gasteiger charge is 2.40. The summed E-state index contributed by atoms with van der Waals surface area (Å²) in [6.07, 6.45) is 13.1. The van der Waals surface area contributed by atoms with Crippen molar-refractivity contribution in [3.05, 3.63) is 36.0 Å². The Hall–Kier alpha value is -0.756. The third-order valence-electron chi connectivity index (χ3n) is 7.50. The van der Waals surface area contributed by atoms with Crippen LogP contribution in [0.1, 0.15) is 82.1 Å². The van der Waals surface area contributed by atoms with E-state index in [4.69, 9.17) is 8.85 Å². The minimum Gasteiger partial charge on any atom is -0.410 e. The summed E-state index contributed by atoms with van der Waals surface area (Å²) in [5, 5.41) is 0.274. The molecule has 34 heavy (non-hydrogen) atoms. The fourth-order valence-corrected chi connectivity index (χ4v) is 5.67. The van der Waals surface area contributed by atoms with Crippen LogP contribution in [0, 0.1) is 11.8 Å². The van der Waals surface area contributed by atoms with Crippen molar-refractivity contribution < 1.29 is 13.6 Å². The molecule has 0 saturated heterocycles. The number of carbonyl (C=O) groups excluding carboxylic acids is 1. The van der Waals surface area contributed by atoms with Crippen LogP contribution in [0.2, 0.25) is 36.3 Å². The third kappa shape index (κ3) is 11.3. The summed E-state index contributed by atoms with van der Waals surface area (Å²) < 4.78 is 13.4. The lowest BCUT2D eigenvalue weighted by Crippen LogP contribution is -2.45. The summed E-state index contributed by atoms with van der Waals surface area (Å²) in [6, 6.07) is 0. The summed E-state index contributed by atoms with van der Waals surface area (Å²) in [5.41, 5.74) is 1.32. The molecule has 0 N–H and O–H groups in total. The van der Waals surface area contributed by atoms with Crippen LogP contribution in [0.25, 0.3) is 0 Å². The van der Waals surface area contributed by atoms with Crippen LogP contribution in [-0.4, -0.2) is 35.1 Å². The fraction of sp³-hybridized carbons (Fsp3) is 0.759. The molecule has 3 atom stereocenters. The van der Waals surface area contributed by atoms with Crippen molar-refractivity contribution in [2.24, 2.45) is 11.8 Å². The topological polar surface area (TPSA) is 35.5 Å². The van der Waals surface area contributed by atoms with Gasteiger partial charge in [-0.05, 0) is 61.1 Å². The maximum Gasteiger partial charge on any atom is 0.192 e. The molecule has 198 valence electrons. The van der Waals surface area contributed by atoms with Gasteiger partial charge in [0.2, 0.25) is 0 Å². The van der Waals surface area contributed by atoms with Gasteiger partial charge >= 0.3 is 0 Å². The van der Waals surface area contributed by atoms with E-state index in [0.29, 0.717) is 12.3 Å². The molecule has 0 unspecified atom stereocenters. The van der Waals surface area contributed by atoms with Gasteiger partial charge in [-0.2, -0.15) is 0 Å². The highest BCUT2D eigenvalue weighted by molar-refractivity contribution is 6.74. The first kappa shape index (κ1) is 33.2. The Morgan fingerprint density at radius 2 is 1.26 bits per heavy atom. The molecule has 0 aliphatic heterocycles. The summed E-state index contributed by atoms with van der Waals surface area (Å²) in [5.74, 6) is 0.876. The Labute approximate surface area is 214 Å². The molecule has 0 aromatic carbocycles. The van der Waals surface area contributed by atoms with E-state index < -0.39 is 16.6 Å². The Kier molecular flexibility index (Phi) is 13.2. The molecule has 0 aliphatic rings. The van der Waals surface area contributed by atoms with Crippen LogP contribution in [0.5, 0.6) is 0 Å². The molecule has 0 bridgehead atoms. The summed E-state index contributed by atoms with van der Waals surface area (Å²) in [7, 11) is -3.86. The van der Waals surface area contributed by atoms with Crippen LogP contribution >= 0.6 is 0 Å². The lowest BCUT2D eigenvalue weighted by atomic mass is 9.96. The average Bonchev–Trinajstić information content (AvgIpc) is 2.65. The van der Waals surface area contributed by atoms with Gasteiger partial charge in [0.1, 0.15) is 6.29 Å². The van der Waals surface area contributed by atoms with Crippen LogP contribution < -0.4 is 0 Å². The first-order valence-electron chi connectivity index (χ1n) is 13.1. The van der Waals surface area contributed by atoms with E-state index in [1.807, 2.05) is 12.2 Å². The van der Waals surface area contributed by atoms with E-state index in [2.05, 4.69) is 114 Å². The summed E-state index contributed by atoms with van der Waals surface area (Å²) in [6.45, 7) is 31.6. The minimum atomic E-state index is -1.94. The molecule has 0 rings (SSSR count). The quantitative estimate of drug-likeness (QED) is 0.108. The van der Waals surface area contributed by atoms with Gasteiger partial charge in [-0.25, -0.2) is 0 Å². The molecule has 3 nitrogen and oxygen atoms in total. The maximum atomic E-state index is 11.2. The first-order valence-corrected chi connectivity index (χ1v) is 18.9. The molecule has 0 radical (unpaired) electrons. The van der Waals surface area contributed by atoms with E-state index in [1.165, 1.54) is 5.57 Å². The van der Waals surface area contributed by atoms with Gasteiger partial charge in [-0.3, -0.25) is 0 Å². The van der Waals surface area contributed by atoms with Gasteiger partial charge in [0.25, 0.3) is 0 Å². The average molecular weight is 509 g/mol. The molecular weight excluding hydrogens is 452 g/mol. The van der Waals surface area contributed by atoms with Crippen LogP contribution in [0.15, 0.2) is 36.0 Å². The van der Waals surface area contributed by atoms with Crippen LogP contribution in [-0.2, 0) is 13.6 Å². The third-order valence-corrected chi connectivity index (χ3v) is 16.5. The predicted octanol–water partition coefficient (Wildman–Crippen LogP) is 9.10. The minimum absolute atomic E-state index is 0.0681. The highest BCUT2D eigenvalue weighted by atomic mass is 28.4. The second-order valence-electron chi connectivity index (χ2n) is 13.3. The maximum absolute atomic E-state index is 11.2. The van der Waals surface area contributed by atoms with E-state index in [9.17, 15) is 4.79 Å². The van der Waals surface area contributed by atoms with Gasteiger partial charge < -0.3 is 13.6 Å². The number of hydrogen-bond acceptors (Lipinski definition) is 3. The van der Waals surface area contributed by atoms with E-state index in [1.54, 1.807) is 0 Å². The fourth-order valence-electron chi connectivity index (χ4n) is 2.99. The van der Waals surface area contributed by atoms with Gasteiger partial charge in [-0.15, -0.1) is 0 Å². The highest BCUT2D eigenvalue weighted by Crippen LogP contribution is 2.39. The molecule has 0 spiro atoms. The number of allylic oxidation sites excluding steroid dienone is 3. The largest absolute Gasteiger partial charge is 0.410 e.